The monoisotopic (exact) mass is 437 g/mol. The van der Waals surface area contributed by atoms with Crippen LogP contribution in [0.4, 0.5) is 10.1 Å². The minimum absolute atomic E-state index is 0.0486. The maximum absolute atomic E-state index is 14.1. The lowest BCUT2D eigenvalue weighted by molar-refractivity contribution is -0.128. The lowest BCUT2D eigenvalue weighted by Crippen LogP contribution is -2.66. The van der Waals surface area contributed by atoms with Crippen LogP contribution in [-0.2, 0) is 11.3 Å². The van der Waals surface area contributed by atoms with Crippen molar-refractivity contribution < 1.29 is 18.4 Å². The molecule has 32 heavy (non-hydrogen) atoms. The number of fused-ring (bicyclic) bond motifs is 3. The topological polar surface area (TPSA) is 67.5 Å². The molecular formula is C25H28FN3O3. The van der Waals surface area contributed by atoms with E-state index in [9.17, 15) is 14.0 Å². The number of anilines is 1. The van der Waals surface area contributed by atoms with E-state index in [2.05, 4.69) is 19.2 Å². The van der Waals surface area contributed by atoms with Gasteiger partial charge in [-0.3, -0.25) is 14.5 Å². The van der Waals surface area contributed by atoms with Gasteiger partial charge in [0.05, 0.1) is 18.3 Å². The zero-order valence-electron chi connectivity index (χ0n) is 18.6. The Labute approximate surface area is 186 Å². The summed E-state index contributed by atoms with van der Waals surface area (Å²) in [7, 11) is 0. The van der Waals surface area contributed by atoms with Crippen molar-refractivity contribution in [2.24, 2.45) is 11.8 Å². The van der Waals surface area contributed by atoms with Crippen LogP contribution in [0.1, 0.15) is 50.5 Å². The van der Waals surface area contributed by atoms with E-state index in [1.807, 2.05) is 4.57 Å². The first-order valence-corrected chi connectivity index (χ1v) is 11.3. The van der Waals surface area contributed by atoms with E-state index in [-0.39, 0.29) is 24.4 Å². The second-order valence-electron chi connectivity index (χ2n) is 9.53. The molecule has 4 atom stereocenters. The molecule has 2 aliphatic rings. The Kier molecular flexibility index (Phi) is 4.87. The van der Waals surface area contributed by atoms with E-state index in [0.29, 0.717) is 28.8 Å². The zero-order chi connectivity index (χ0) is 22.6. The van der Waals surface area contributed by atoms with Crippen molar-refractivity contribution >= 4 is 28.6 Å². The van der Waals surface area contributed by atoms with Crippen LogP contribution in [0.5, 0.6) is 0 Å². The minimum Gasteiger partial charge on any atom is -0.463 e. The maximum Gasteiger partial charge on any atom is 0.276 e. The van der Waals surface area contributed by atoms with Gasteiger partial charge >= 0.3 is 0 Å². The predicted molar refractivity (Wildman–Crippen MR) is 120 cm³/mol. The molecule has 1 saturated carbocycles. The average molecular weight is 438 g/mol. The van der Waals surface area contributed by atoms with Crippen LogP contribution in [0.15, 0.2) is 47.1 Å². The number of aromatic nitrogens is 1. The van der Waals surface area contributed by atoms with Crippen LogP contribution >= 0.6 is 0 Å². The SMILES string of the molecule is CC1CCCC(NC(=O)C2(C)Cn3c(cc4occc43)C(=O)N2c2cccc(F)c2)C1C. The molecule has 1 N–H and O–H groups in total. The van der Waals surface area contributed by atoms with Gasteiger partial charge in [-0.15, -0.1) is 0 Å². The molecule has 1 aliphatic heterocycles. The molecule has 3 heterocycles. The summed E-state index contributed by atoms with van der Waals surface area (Å²) in [4.78, 5) is 29.0. The fraction of sp³-hybridized carbons (Fsp3) is 0.440. The van der Waals surface area contributed by atoms with E-state index in [0.717, 1.165) is 24.8 Å². The molecule has 2 amide bonds. The molecular weight excluding hydrogens is 409 g/mol. The summed E-state index contributed by atoms with van der Waals surface area (Å²) >= 11 is 0. The lowest BCUT2D eigenvalue weighted by Gasteiger charge is -2.45. The number of halogens is 1. The third-order valence-corrected chi connectivity index (χ3v) is 7.48. The molecule has 1 aliphatic carbocycles. The molecule has 1 aromatic carbocycles. The standard InChI is InChI=1S/C25H28FN3O3/c1-15-6-4-9-19(16(15)2)27-24(31)25(3)14-28-20-10-11-32-22(20)13-21(28)23(30)29(25)18-8-5-7-17(26)12-18/h5,7-8,10-13,15-16,19H,4,6,9,14H2,1-3H3,(H,27,31). The Hall–Kier alpha value is -3.09. The van der Waals surface area contributed by atoms with Gasteiger partial charge < -0.3 is 14.3 Å². The fourth-order valence-electron chi connectivity index (χ4n) is 5.34. The lowest BCUT2D eigenvalue weighted by atomic mass is 9.77. The van der Waals surface area contributed by atoms with Crippen molar-refractivity contribution in [1.82, 2.24) is 9.88 Å². The van der Waals surface area contributed by atoms with Crippen LogP contribution in [0, 0.1) is 17.7 Å². The summed E-state index contributed by atoms with van der Waals surface area (Å²) in [5, 5.41) is 3.25. The highest BCUT2D eigenvalue weighted by atomic mass is 19.1. The van der Waals surface area contributed by atoms with Gasteiger partial charge in [0.15, 0.2) is 5.58 Å². The van der Waals surface area contributed by atoms with Crippen molar-refractivity contribution in [1.29, 1.82) is 0 Å². The molecule has 7 heteroatoms. The average Bonchev–Trinajstić information content (AvgIpc) is 3.34. The highest BCUT2D eigenvalue weighted by molar-refractivity contribution is 6.13. The van der Waals surface area contributed by atoms with Crippen LogP contribution in [0.3, 0.4) is 0 Å². The van der Waals surface area contributed by atoms with Crippen molar-refractivity contribution in [2.75, 3.05) is 4.90 Å². The number of carbonyl (C=O) groups is 2. The van der Waals surface area contributed by atoms with Gasteiger partial charge in [0.1, 0.15) is 17.1 Å². The van der Waals surface area contributed by atoms with Gasteiger partial charge in [-0.2, -0.15) is 0 Å². The largest absolute Gasteiger partial charge is 0.463 e. The molecule has 0 saturated heterocycles. The van der Waals surface area contributed by atoms with Crippen LogP contribution in [0.25, 0.3) is 11.1 Å². The number of hydrogen-bond acceptors (Lipinski definition) is 3. The van der Waals surface area contributed by atoms with Gasteiger partial charge in [0, 0.05) is 23.9 Å². The molecule has 6 nitrogen and oxygen atoms in total. The molecule has 1 fully saturated rings. The molecule has 0 bridgehead atoms. The van der Waals surface area contributed by atoms with E-state index in [1.165, 1.54) is 17.0 Å². The van der Waals surface area contributed by atoms with Crippen molar-refractivity contribution in [2.45, 2.75) is 58.2 Å². The summed E-state index contributed by atoms with van der Waals surface area (Å²) in [6.45, 7) is 6.40. The van der Waals surface area contributed by atoms with Crippen molar-refractivity contribution in [3.63, 3.8) is 0 Å². The first-order valence-electron chi connectivity index (χ1n) is 11.3. The molecule has 168 valence electrons. The Morgan fingerprint density at radius 1 is 1.22 bits per heavy atom. The molecule has 5 rings (SSSR count). The number of amides is 2. The van der Waals surface area contributed by atoms with E-state index in [1.54, 1.807) is 37.5 Å². The number of carbonyl (C=O) groups excluding carboxylic acids is 2. The van der Waals surface area contributed by atoms with Crippen LogP contribution in [0.2, 0.25) is 0 Å². The quantitative estimate of drug-likeness (QED) is 0.644. The Morgan fingerprint density at radius 2 is 2.03 bits per heavy atom. The Bertz CT molecular complexity index is 1200. The summed E-state index contributed by atoms with van der Waals surface area (Å²) < 4.78 is 21.5. The molecule has 0 radical (unpaired) electrons. The van der Waals surface area contributed by atoms with Crippen LogP contribution < -0.4 is 10.2 Å². The second kappa shape index (κ2) is 7.50. The summed E-state index contributed by atoms with van der Waals surface area (Å²) in [5.74, 6) is -0.160. The second-order valence-corrected chi connectivity index (χ2v) is 9.53. The summed E-state index contributed by atoms with van der Waals surface area (Å²) in [6.07, 6.45) is 4.72. The third-order valence-electron chi connectivity index (χ3n) is 7.48. The predicted octanol–water partition coefficient (Wildman–Crippen LogP) is 4.73. The molecule has 2 aromatic heterocycles. The van der Waals surface area contributed by atoms with Gasteiger partial charge in [-0.05, 0) is 43.4 Å². The van der Waals surface area contributed by atoms with Gasteiger partial charge in [0.25, 0.3) is 5.91 Å². The van der Waals surface area contributed by atoms with Crippen molar-refractivity contribution in [3.05, 3.63) is 54.2 Å². The normalized spacial score (nSPS) is 28.1. The maximum atomic E-state index is 14.1. The number of benzene rings is 1. The highest BCUT2D eigenvalue weighted by Crippen LogP contribution is 2.37. The number of rotatable bonds is 3. The Morgan fingerprint density at radius 3 is 2.81 bits per heavy atom. The third kappa shape index (κ3) is 3.14. The van der Waals surface area contributed by atoms with Gasteiger partial charge in [0.2, 0.25) is 5.91 Å². The highest BCUT2D eigenvalue weighted by Gasteiger charge is 2.49. The first kappa shape index (κ1) is 20.8. The smallest absolute Gasteiger partial charge is 0.276 e. The molecule has 4 unspecified atom stereocenters. The summed E-state index contributed by atoms with van der Waals surface area (Å²) in [6, 6.07) is 9.39. The Balaban J connectivity index is 1.58. The first-order chi connectivity index (χ1) is 15.3. The minimum atomic E-state index is -1.23. The number of nitrogens with zero attached hydrogens (tertiary/aromatic N) is 2. The number of hydrogen-bond donors (Lipinski definition) is 1. The van der Waals surface area contributed by atoms with Crippen LogP contribution in [-0.4, -0.2) is 28.0 Å². The van der Waals surface area contributed by atoms with E-state index < -0.39 is 11.4 Å². The van der Waals surface area contributed by atoms with Crippen molar-refractivity contribution in [3.8, 4) is 0 Å². The molecule has 3 aromatic rings. The fourth-order valence-corrected chi connectivity index (χ4v) is 5.34. The number of furan rings is 1. The van der Waals surface area contributed by atoms with Gasteiger partial charge in [-0.1, -0.05) is 32.8 Å². The summed E-state index contributed by atoms with van der Waals surface area (Å²) in [5.41, 5.74) is 0.912. The van der Waals surface area contributed by atoms with E-state index in [4.69, 9.17) is 4.42 Å². The van der Waals surface area contributed by atoms with E-state index >= 15 is 0 Å². The number of nitrogens with one attached hydrogen (secondary N) is 1. The van der Waals surface area contributed by atoms with Gasteiger partial charge in [-0.25, -0.2) is 4.39 Å². The molecule has 0 spiro atoms. The zero-order valence-corrected chi connectivity index (χ0v) is 18.6.